The normalized spacial score (nSPS) is 20.3. The highest BCUT2D eigenvalue weighted by molar-refractivity contribution is 5.82. The molecule has 2 aromatic rings. The number of terminal acetylenes is 1. The van der Waals surface area contributed by atoms with Crippen LogP contribution in [0.25, 0.3) is 10.8 Å². The molecule has 3 rings (SSSR count). The van der Waals surface area contributed by atoms with Crippen LogP contribution in [0, 0.1) is 18.3 Å². The largest absolute Gasteiger partial charge is 0.444 e. The number of fused-ring (bicyclic) bond motifs is 1. The lowest BCUT2D eigenvalue weighted by Crippen LogP contribution is -2.48. The highest BCUT2D eigenvalue weighted by atomic mass is 16.6. The molecule has 27 heavy (non-hydrogen) atoms. The highest BCUT2D eigenvalue weighted by Gasteiger charge is 2.33. The molecule has 0 saturated carbocycles. The van der Waals surface area contributed by atoms with Gasteiger partial charge in [-0.3, -0.25) is 0 Å². The van der Waals surface area contributed by atoms with Gasteiger partial charge in [-0.05, 0) is 49.6 Å². The van der Waals surface area contributed by atoms with E-state index in [4.69, 9.17) is 15.9 Å². The maximum Gasteiger partial charge on any atom is 0.410 e. The average Bonchev–Trinajstić information content (AvgIpc) is 2.64. The second-order valence-corrected chi connectivity index (χ2v) is 8.02. The Morgan fingerprint density at radius 3 is 2.67 bits per heavy atom. The van der Waals surface area contributed by atoms with Crippen molar-refractivity contribution in [2.45, 2.75) is 45.5 Å². The number of hydrogen-bond acceptors (Lipinski definition) is 3. The Morgan fingerprint density at radius 1 is 1.22 bits per heavy atom. The zero-order valence-electron chi connectivity index (χ0n) is 16.3. The number of carbonyl (C=O) groups is 1. The van der Waals surface area contributed by atoms with Gasteiger partial charge in [0.1, 0.15) is 5.60 Å². The van der Waals surface area contributed by atoms with Gasteiger partial charge in [0.25, 0.3) is 0 Å². The SMILES string of the molecule is C#C[C@@H]1CCN(C(=O)OC(C)(C)C)C[C@H]1OCc1ccc2ccccc2c1. The second-order valence-electron chi connectivity index (χ2n) is 8.02. The van der Waals surface area contributed by atoms with Crippen LogP contribution in [0.15, 0.2) is 42.5 Å². The molecule has 1 amide bonds. The molecule has 0 aromatic heterocycles. The summed E-state index contributed by atoms with van der Waals surface area (Å²) in [6.07, 6.45) is 5.92. The van der Waals surface area contributed by atoms with E-state index < -0.39 is 5.60 Å². The van der Waals surface area contributed by atoms with E-state index >= 15 is 0 Å². The average molecular weight is 365 g/mol. The molecule has 1 fully saturated rings. The first kappa shape index (κ1) is 19.3. The van der Waals surface area contributed by atoms with Crippen molar-refractivity contribution in [1.82, 2.24) is 4.90 Å². The van der Waals surface area contributed by atoms with Crippen LogP contribution in [-0.2, 0) is 16.1 Å². The molecule has 4 heteroatoms. The van der Waals surface area contributed by atoms with E-state index in [2.05, 4.69) is 36.3 Å². The summed E-state index contributed by atoms with van der Waals surface area (Å²) in [6.45, 7) is 7.12. The Hall–Kier alpha value is -2.51. The minimum atomic E-state index is -0.512. The van der Waals surface area contributed by atoms with Crippen molar-refractivity contribution in [3.8, 4) is 12.3 Å². The zero-order valence-corrected chi connectivity index (χ0v) is 16.3. The Balaban J connectivity index is 1.65. The van der Waals surface area contributed by atoms with Gasteiger partial charge in [0, 0.05) is 12.5 Å². The first-order valence-electron chi connectivity index (χ1n) is 9.39. The van der Waals surface area contributed by atoms with Crippen LogP contribution >= 0.6 is 0 Å². The van der Waals surface area contributed by atoms with Crippen LogP contribution in [0.4, 0.5) is 4.79 Å². The molecule has 1 saturated heterocycles. The van der Waals surface area contributed by atoms with Crippen molar-refractivity contribution in [3.05, 3.63) is 48.0 Å². The van der Waals surface area contributed by atoms with Gasteiger partial charge in [0.15, 0.2) is 0 Å². The smallest absolute Gasteiger partial charge is 0.410 e. The summed E-state index contributed by atoms with van der Waals surface area (Å²) in [6, 6.07) is 14.5. The summed E-state index contributed by atoms with van der Waals surface area (Å²) in [4.78, 5) is 14.1. The predicted octanol–water partition coefficient (Wildman–Crippen LogP) is 4.62. The van der Waals surface area contributed by atoms with Gasteiger partial charge in [-0.15, -0.1) is 12.3 Å². The van der Waals surface area contributed by atoms with Gasteiger partial charge >= 0.3 is 6.09 Å². The number of rotatable bonds is 3. The third kappa shape index (κ3) is 5.02. The van der Waals surface area contributed by atoms with E-state index in [-0.39, 0.29) is 18.1 Å². The molecule has 4 nitrogen and oxygen atoms in total. The van der Waals surface area contributed by atoms with E-state index in [1.807, 2.05) is 32.9 Å². The quantitative estimate of drug-likeness (QED) is 0.745. The minimum Gasteiger partial charge on any atom is -0.444 e. The van der Waals surface area contributed by atoms with Gasteiger partial charge in [-0.25, -0.2) is 4.79 Å². The maximum atomic E-state index is 12.4. The van der Waals surface area contributed by atoms with E-state index in [9.17, 15) is 4.79 Å². The van der Waals surface area contributed by atoms with Crippen molar-refractivity contribution < 1.29 is 14.3 Å². The maximum absolute atomic E-state index is 12.4. The first-order chi connectivity index (χ1) is 12.9. The highest BCUT2D eigenvalue weighted by Crippen LogP contribution is 2.24. The molecule has 2 atom stereocenters. The third-order valence-corrected chi connectivity index (χ3v) is 4.70. The fraction of sp³-hybridized carbons (Fsp3) is 0.435. The lowest BCUT2D eigenvalue weighted by Gasteiger charge is -2.37. The molecule has 1 aliphatic heterocycles. The van der Waals surface area contributed by atoms with Gasteiger partial charge < -0.3 is 14.4 Å². The molecule has 0 radical (unpaired) electrons. The topological polar surface area (TPSA) is 38.8 Å². The Kier molecular flexibility index (Phi) is 5.72. The van der Waals surface area contributed by atoms with E-state index in [0.29, 0.717) is 19.7 Å². The van der Waals surface area contributed by atoms with Crippen molar-refractivity contribution in [1.29, 1.82) is 0 Å². The monoisotopic (exact) mass is 365 g/mol. The van der Waals surface area contributed by atoms with Crippen LogP contribution in [0.1, 0.15) is 32.8 Å². The number of ether oxygens (including phenoxy) is 2. The van der Waals surface area contributed by atoms with Gasteiger partial charge in [-0.1, -0.05) is 36.4 Å². The van der Waals surface area contributed by atoms with Gasteiger partial charge in [-0.2, -0.15) is 0 Å². The summed E-state index contributed by atoms with van der Waals surface area (Å²) < 4.78 is 11.6. The Bertz CT molecular complexity index is 847. The van der Waals surface area contributed by atoms with Crippen LogP contribution in [0.2, 0.25) is 0 Å². The molecule has 0 unspecified atom stereocenters. The first-order valence-corrected chi connectivity index (χ1v) is 9.39. The zero-order chi connectivity index (χ0) is 19.4. The molecule has 1 aliphatic rings. The molecule has 0 bridgehead atoms. The van der Waals surface area contributed by atoms with Gasteiger partial charge in [0.05, 0.1) is 19.3 Å². The number of piperidine rings is 1. The third-order valence-electron chi connectivity index (χ3n) is 4.70. The van der Waals surface area contributed by atoms with Crippen molar-refractivity contribution in [3.63, 3.8) is 0 Å². The Morgan fingerprint density at radius 2 is 1.96 bits per heavy atom. The summed E-state index contributed by atoms with van der Waals surface area (Å²) in [7, 11) is 0. The molecule has 1 heterocycles. The molecule has 0 aliphatic carbocycles. The number of carbonyl (C=O) groups excluding carboxylic acids is 1. The van der Waals surface area contributed by atoms with Crippen LogP contribution in [-0.4, -0.2) is 35.8 Å². The van der Waals surface area contributed by atoms with Crippen molar-refractivity contribution in [2.75, 3.05) is 13.1 Å². The Labute approximate surface area is 161 Å². The fourth-order valence-electron chi connectivity index (χ4n) is 3.30. The molecule has 0 N–H and O–H groups in total. The summed E-state index contributed by atoms with van der Waals surface area (Å²) in [5, 5.41) is 2.39. The lowest BCUT2D eigenvalue weighted by molar-refractivity contribution is -0.0406. The predicted molar refractivity (Wildman–Crippen MR) is 107 cm³/mol. The molecular formula is C23H27NO3. The standard InChI is InChI=1S/C23H27NO3/c1-5-18-12-13-24(22(25)27-23(2,3)4)15-21(18)26-16-17-10-11-19-8-6-7-9-20(19)14-17/h1,6-11,14,18,21H,12-13,15-16H2,2-4H3/t18-,21-/m1/s1. The van der Waals surface area contributed by atoms with Crippen molar-refractivity contribution >= 4 is 16.9 Å². The summed E-state index contributed by atoms with van der Waals surface area (Å²) >= 11 is 0. The molecular weight excluding hydrogens is 338 g/mol. The minimum absolute atomic E-state index is 0.00384. The van der Waals surface area contributed by atoms with E-state index in [1.165, 1.54) is 10.8 Å². The van der Waals surface area contributed by atoms with Gasteiger partial charge in [0.2, 0.25) is 0 Å². The number of benzene rings is 2. The van der Waals surface area contributed by atoms with Crippen LogP contribution in [0.3, 0.4) is 0 Å². The number of nitrogens with zero attached hydrogens (tertiary/aromatic N) is 1. The number of amides is 1. The van der Waals surface area contributed by atoms with Crippen LogP contribution in [0.5, 0.6) is 0 Å². The lowest BCUT2D eigenvalue weighted by atomic mass is 9.94. The van der Waals surface area contributed by atoms with Crippen LogP contribution < -0.4 is 0 Å². The fourth-order valence-corrected chi connectivity index (χ4v) is 3.30. The number of hydrogen-bond donors (Lipinski definition) is 0. The molecule has 2 aromatic carbocycles. The summed E-state index contributed by atoms with van der Waals surface area (Å²) in [5.74, 6) is 2.83. The number of likely N-dealkylation sites (tertiary alicyclic amines) is 1. The van der Waals surface area contributed by atoms with E-state index in [0.717, 1.165) is 12.0 Å². The molecule has 142 valence electrons. The molecule has 0 spiro atoms. The second kappa shape index (κ2) is 8.02. The van der Waals surface area contributed by atoms with Crippen molar-refractivity contribution in [2.24, 2.45) is 5.92 Å². The summed E-state index contributed by atoms with van der Waals surface area (Å²) in [5.41, 5.74) is 0.584. The van der Waals surface area contributed by atoms with E-state index in [1.54, 1.807) is 4.90 Å².